The summed E-state index contributed by atoms with van der Waals surface area (Å²) < 4.78 is 5.71. The van der Waals surface area contributed by atoms with Crippen molar-refractivity contribution in [3.05, 3.63) is 101 Å². The Hall–Kier alpha value is -3.57. The number of phenols is 2. The average Bonchev–Trinajstić information content (AvgIpc) is 3.54. The second-order valence-corrected chi connectivity index (χ2v) is 10.1. The number of phenolic OH excluding ortho intramolecular Hbond substituents is 2. The van der Waals surface area contributed by atoms with Crippen LogP contribution >= 0.6 is 0 Å². The highest BCUT2D eigenvalue weighted by molar-refractivity contribution is 5.98. The maximum atomic E-state index is 13.0. The Bertz CT molecular complexity index is 1210. The van der Waals surface area contributed by atoms with Crippen LogP contribution < -0.4 is 0 Å². The van der Waals surface area contributed by atoms with E-state index < -0.39 is 0 Å². The van der Waals surface area contributed by atoms with Crippen LogP contribution in [0.4, 0.5) is 0 Å². The number of aromatic hydroxyl groups is 2. The first kappa shape index (κ1) is 25.1. The summed E-state index contributed by atoms with van der Waals surface area (Å²) in [5.41, 5.74) is 6.48. The number of hydrogen-bond acceptors (Lipinski definition) is 4. The maximum Gasteiger partial charge on any atom is 0.256 e. The van der Waals surface area contributed by atoms with Crippen molar-refractivity contribution in [2.75, 3.05) is 13.7 Å². The molecule has 0 saturated heterocycles. The lowest BCUT2D eigenvalue weighted by Crippen LogP contribution is -2.30. The topological polar surface area (TPSA) is 70.0 Å². The fourth-order valence-electron chi connectivity index (χ4n) is 6.01. The molecule has 2 aliphatic rings. The molecule has 1 aliphatic heterocycles. The number of nitrogens with zero attached hydrogens (tertiary/aromatic N) is 1. The van der Waals surface area contributed by atoms with Crippen LogP contribution in [0.1, 0.15) is 78.2 Å². The molecule has 5 heteroatoms. The number of carbonyl (C=O) groups is 1. The quantitative estimate of drug-likeness (QED) is 0.311. The first-order valence-electron chi connectivity index (χ1n) is 13.3. The Balaban J connectivity index is 1.40. The normalized spacial score (nSPS) is 17.3. The largest absolute Gasteiger partial charge is 0.508 e. The third-order valence-electron chi connectivity index (χ3n) is 7.80. The van der Waals surface area contributed by atoms with E-state index in [1.165, 1.54) is 36.8 Å². The second kappa shape index (κ2) is 11.2. The van der Waals surface area contributed by atoms with Crippen LogP contribution in [0.3, 0.4) is 0 Å². The van der Waals surface area contributed by atoms with E-state index >= 15 is 0 Å². The summed E-state index contributed by atoms with van der Waals surface area (Å²) in [5.74, 6) is 1.06. The predicted molar refractivity (Wildman–Crippen MR) is 145 cm³/mol. The number of fused-ring (bicyclic) bond motifs is 1. The fourth-order valence-corrected chi connectivity index (χ4v) is 6.01. The number of methoxy groups -OCH3 is 1. The molecule has 5 nitrogen and oxygen atoms in total. The minimum Gasteiger partial charge on any atom is -0.508 e. The van der Waals surface area contributed by atoms with Gasteiger partial charge in [-0.2, -0.15) is 0 Å². The van der Waals surface area contributed by atoms with Crippen molar-refractivity contribution >= 4 is 11.5 Å². The van der Waals surface area contributed by atoms with Gasteiger partial charge >= 0.3 is 0 Å². The van der Waals surface area contributed by atoms with Crippen molar-refractivity contribution in [3.63, 3.8) is 0 Å². The number of unbranched alkanes of at least 4 members (excludes halogenated alkanes) is 1. The lowest BCUT2D eigenvalue weighted by molar-refractivity contribution is -0.0130. The monoisotopic (exact) mass is 497 g/mol. The Morgan fingerprint density at radius 2 is 1.46 bits per heavy atom. The van der Waals surface area contributed by atoms with Gasteiger partial charge in [0.15, 0.2) is 6.23 Å². The summed E-state index contributed by atoms with van der Waals surface area (Å²) in [6.45, 7) is 0.651. The second-order valence-electron chi connectivity index (χ2n) is 10.1. The molecular formula is C32H35NO4. The van der Waals surface area contributed by atoms with Crippen molar-refractivity contribution in [2.24, 2.45) is 5.92 Å². The van der Waals surface area contributed by atoms with Gasteiger partial charge in [0, 0.05) is 24.8 Å². The average molecular weight is 498 g/mol. The molecule has 1 amide bonds. The Kier molecular flexibility index (Phi) is 7.61. The van der Waals surface area contributed by atoms with E-state index in [4.69, 9.17) is 4.74 Å². The lowest BCUT2D eigenvalue weighted by atomic mass is 9.83. The van der Waals surface area contributed by atoms with E-state index in [1.807, 2.05) is 53.4 Å². The van der Waals surface area contributed by atoms with Crippen molar-refractivity contribution in [1.29, 1.82) is 0 Å². The molecule has 1 fully saturated rings. The van der Waals surface area contributed by atoms with Crippen molar-refractivity contribution < 1.29 is 19.7 Å². The van der Waals surface area contributed by atoms with Crippen LogP contribution in [-0.4, -0.2) is 34.7 Å². The third-order valence-corrected chi connectivity index (χ3v) is 7.80. The number of ether oxygens (including phenoxy) is 1. The standard InChI is InChI=1S/C32H35NO4/c1-37-32-29-12-5-4-11-28(29)31(36)33(32)21-7-6-10-27(22-8-2-3-9-22)30(23-13-17-25(34)18-14-23)24-15-19-26(35)20-16-24/h4-5,11-20,22,32,34-35H,2-3,6-10,21H2,1H3. The molecule has 2 N–H and O–H groups in total. The van der Waals surface area contributed by atoms with E-state index in [1.54, 1.807) is 31.4 Å². The number of allylic oxidation sites excluding steroid dienone is 1. The van der Waals surface area contributed by atoms with Crippen LogP contribution in [0.2, 0.25) is 0 Å². The summed E-state index contributed by atoms with van der Waals surface area (Å²) in [5, 5.41) is 19.8. The van der Waals surface area contributed by atoms with Gasteiger partial charge in [-0.1, -0.05) is 60.9 Å². The minimum atomic E-state index is -0.321. The van der Waals surface area contributed by atoms with E-state index in [0.29, 0.717) is 12.5 Å². The first-order valence-corrected chi connectivity index (χ1v) is 13.3. The van der Waals surface area contributed by atoms with Gasteiger partial charge in [0.25, 0.3) is 5.91 Å². The zero-order chi connectivity index (χ0) is 25.8. The van der Waals surface area contributed by atoms with Crippen LogP contribution in [0.25, 0.3) is 5.57 Å². The van der Waals surface area contributed by atoms with Gasteiger partial charge in [-0.3, -0.25) is 4.79 Å². The first-order chi connectivity index (χ1) is 18.1. The summed E-state index contributed by atoms with van der Waals surface area (Å²) in [4.78, 5) is 14.9. The highest BCUT2D eigenvalue weighted by atomic mass is 16.5. The molecule has 0 bridgehead atoms. The molecule has 192 valence electrons. The summed E-state index contributed by atoms with van der Waals surface area (Å²) in [7, 11) is 1.66. The van der Waals surface area contributed by atoms with Gasteiger partial charge in [0.05, 0.1) is 0 Å². The Morgan fingerprint density at radius 1 is 0.865 bits per heavy atom. The van der Waals surface area contributed by atoms with Crippen molar-refractivity contribution in [1.82, 2.24) is 4.90 Å². The number of benzene rings is 3. The van der Waals surface area contributed by atoms with Crippen LogP contribution in [-0.2, 0) is 4.74 Å². The number of carbonyl (C=O) groups excluding carboxylic acids is 1. The molecular weight excluding hydrogens is 462 g/mol. The highest BCUT2D eigenvalue weighted by Crippen LogP contribution is 2.41. The number of rotatable bonds is 9. The lowest BCUT2D eigenvalue weighted by Gasteiger charge is -2.25. The minimum absolute atomic E-state index is 0.0443. The zero-order valence-electron chi connectivity index (χ0n) is 21.4. The third kappa shape index (κ3) is 5.28. The smallest absolute Gasteiger partial charge is 0.256 e. The summed E-state index contributed by atoms with van der Waals surface area (Å²) in [6, 6.07) is 22.6. The summed E-state index contributed by atoms with van der Waals surface area (Å²) in [6.07, 6.45) is 7.30. The van der Waals surface area contributed by atoms with Gasteiger partial charge in [0.2, 0.25) is 0 Å². The van der Waals surface area contributed by atoms with E-state index in [9.17, 15) is 15.0 Å². The zero-order valence-corrected chi connectivity index (χ0v) is 21.4. The molecule has 0 radical (unpaired) electrons. The molecule has 1 aliphatic carbocycles. The van der Waals surface area contributed by atoms with Crippen LogP contribution in [0.15, 0.2) is 78.4 Å². The number of hydrogen-bond donors (Lipinski definition) is 2. The van der Waals surface area contributed by atoms with Gasteiger partial charge in [0.1, 0.15) is 11.5 Å². The molecule has 3 aromatic rings. The SMILES string of the molecule is COC1c2ccccc2C(=O)N1CCCCC(=C(c1ccc(O)cc1)c1ccc(O)cc1)C1CCCC1. The van der Waals surface area contributed by atoms with Gasteiger partial charge in [-0.15, -0.1) is 0 Å². The van der Waals surface area contributed by atoms with E-state index in [0.717, 1.165) is 41.5 Å². The van der Waals surface area contributed by atoms with Crippen LogP contribution in [0.5, 0.6) is 11.5 Å². The summed E-state index contributed by atoms with van der Waals surface area (Å²) >= 11 is 0. The van der Waals surface area contributed by atoms with E-state index in [2.05, 4.69) is 0 Å². The van der Waals surface area contributed by atoms with E-state index in [-0.39, 0.29) is 23.6 Å². The van der Waals surface area contributed by atoms with Gasteiger partial charge in [-0.05, 0) is 85.1 Å². The molecule has 3 aromatic carbocycles. The fraction of sp³-hybridized carbons (Fsp3) is 0.344. The number of amides is 1. The molecule has 5 rings (SSSR count). The van der Waals surface area contributed by atoms with Crippen molar-refractivity contribution in [2.45, 2.75) is 51.2 Å². The Morgan fingerprint density at radius 3 is 2.05 bits per heavy atom. The molecule has 0 aromatic heterocycles. The molecule has 37 heavy (non-hydrogen) atoms. The van der Waals surface area contributed by atoms with Gasteiger partial charge < -0.3 is 19.8 Å². The van der Waals surface area contributed by atoms with Gasteiger partial charge in [-0.25, -0.2) is 0 Å². The molecule has 1 atom stereocenters. The molecule has 0 spiro atoms. The molecule has 1 unspecified atom stereocenters. The van der Waals surface area contributed by atoms with Crippen molar-refractivity contribution in [3.8, 4) is 11.5 Å². The maximum absolute atomic E-state index is 13.0. The predicted octanol–water partition coefficient (Wildman–Crippen LogP) is 7.06. The Labute approximate surface area is 219 Å². The highest BCUT2D eigenvalue weighted by Gasteiger charge is 2.36. The molecule has 1 heterocycles. The van der Waals surface area contributed by atoms with Crippen LogP contribution in [0, 0.1) is 5.92 Å². The molecule has 1 saturated carbocycles.